The molecule has 22 heavy (non-hydrogen) atoms. The Morgan fingerprint density at radius 1 is 1.45 bits per heavy atom. The van der Waals surface area contributed by atoms with Gasteiger partial charge in [-0.25, -0.2) is 4.79 Å². The number of carbonyl (C=O) groups is 1. The minimum absolute atomic E-state index is 0. The van der Waals surface area contributed by atoms with Gasteiger partial charge in [0.1, 0.15) is 0 Å². The fraction of sp³-hybridized carbons (Fsp3) is 0.438. The lowest BCUT2D eigenvalue weighted by molar-refractivity contribution is -0.901. The summed E-state index contributed by atoms with van der Waals surface area (Å²) in [5.41, 5.74) is 0.821. The number of rotatable bonds is 3. The van der Waals surface area contributed by atoms with Gasteiger partial charge in [0, 0.05) is 23.1 Å². The summed E-state index contributed by atoms with van der Waals surface area (Å²) in [6, 6.07) is 7.66. The van der Waals surface area contributed by atoms with E-state index in [0.29, 0.717) is 0 Å². The van der Waals surface area contributed by atoms with Gasteiger partial charge in [-0.3, -0.25) is 0 Å². The number of hydrogen-bond donors (Lipinski definition) is 1. The number of nitrogens with zero attached hydrogens (tertiary/aromatic N) is 2. The molecule has 4 nitrogen and oxygen atoms in total. The van der Waals surface area contributed by atoms with Crippen LogP contribution in [0.25, 0.3) is 0 Å². The number of anilines is 1. The molecule has 1 atom stereocenters. The molecule has 6 heteroatoms. The molecular weight excluding hydrogens is 457 g/mol. The van der Waals surface area contributed by atoms with Crippen LogP contribution < -0.4 is 29.3 Å². The van der Waals surface area contributed by atoms with E-state index < -0.39 is 0 Å². The Labute approximate surface area is 158 Å². The summed E-state index contributed by atoms with van der Waals surface area (Å²) in [7, 11) is 2.23. The molecule has 0 bridgehead atoms. The molecule has 0 radical (unpaired) electrons. The molecule has 1 N–H and O–H groups in total. The second-order valence-electron chi connectivity index (χ2n) is 5.82. The molecule has 0 spiro atoms. The monoisotopic (exact) mass is 479 g/mol. The number of carbonyl (C=O) groups excluding carboxylic acids is 1. The first-order chi connectivity index (χ1) is 10.0. The molecule has 1 aromatic carbocycles. The summed E-state index contributed by atoms with van der Waals surface area (Å²) >= 11 is 3.42. The summed E-state index contributed by atoms with van der Waals surface area (Å²) in [5.74, 6) is 0. The third-order valence-electron chi connectivity index (χ3n) is 3.97. The summed E-state index contributed by atoms with van der Waals surface area (Å²) < 4.78 is 1.93. The van der Waals surface area contributed by atoms with E-state index in [2.05, 4.69) is 34.9 Å². The molecule has 1 fully saturated rings. The number of halogens is 2. The lowest BCUT2D eigenvalue weighted by Gasteiger charge is -2.32. The van der Waals surface area contributed by atoms with Crippen molar-refractivity contribution in [2.75, 3.05) is 45.1 Å². The van der Waals surface area contributed by atoms with E-state index in [1.807, 2.05) is 35.2 Å². The Bertz CT molecular complexity index is 526. The first kappa shape index (κ1) is 19.4. The summed E-state index contributed by atoms with van der Waals surface area (Å²) in [4.78, 5) is 14.3. The molecule has 1 heterocycles. The highest BCUT2D eigenvalue weighted by molar-refractivity contribution is 9.10. The van der Waals surface area contributed by atoms with Gasteiger partial charge in [-0.15, -0.1) is 0 Å². The molecule has 1 unspecified atom stereocenters. The lowest BCUT2D eigenvalue weighted by atomic mass is 10.3. The topological polar surface area (TPSA) is 32.3 Å². The van der Waals surface area contributed by atoms with Gasteiger partial charge in [-0.1, -0.05) is 28.6 Å². The van der Waals surface area contributed by atoms with Crippen molar-refractivity contribution in [3.8, 4) is 0 Å². The maximum atomic E-state index is 12.4. The summed E-state index contributed by atoms with van der Waals surface area (Å²) in [5, 5.41) is 2.97. The predicted octanol–water partition coefficient (Wildman–Crippen LogP) is 0.323. The first-order valence-electron chi connectivity index (χ1n) is 7.28. The van der Waals surface area contributed by atoms with Crippen LogP contribution in [0.2, 0.25) is 0 Å². The summed E-state index contributed by atoms with van der Waals surface area (Å²) in [6.45, 7) is 8.45. The van der Waals surface area contributed by atoms with Crippen molar-refractivity contribution < 1.29 is 33.3 Å². The fourth-order valence-electron chi connectivity index (χ4n) is 2.70. The molecule has 2 rings (SSSR count). The van der Waals surface area contributed by atoms with E-state index in [-0.39, 0.29) is 30.0 Å². The third kappa shape index (κ3) is 5.55. The van der Waals surface area contributed by atoms with E-state index in [0.717, 1.165) is 53.8 Å². The van der Waals surface area contributed by atoms with Crippen molar-refractivity contribution in [3.05, 3.63) is 41.4 Å². The summed E-state index contributed by atoms with van der Waals surface area (Å²) in [6.07, 6.45) is 2.99. The van der Waals surface area contributed by atoms with Crippen LogP contribution in [0.3, 0.4) is 0 Å². The number of likely N-dealkylation sites (N-methyl/N-ethyl adjacent to an activating group) is 1. The smallest absolute Gasteiger partial charge is 0.322 e. The van der Waals surface area contributed by atoms with Gasteiger partial charge in [-0.2, -0.15) is 0 Å². The predicted molar refractivity (Wildman–Crippen MR) is 90.3 cm³/mol. The van der Waals surface area contributed by atoms with E-state index in [1.165, 1.54) is 0 Å². The SMILES string of the molecule is C=CC[N+]1(C)CCCN(C(=O)Nc2cccc(Br)c2)CC1.[I-]. The molecule has 0 saturated carbocycles. The molecular formula is C16H23BrIN3O. The Hall–Kier alpha value is -0.600. The largest absolute Gasteiger partial charge is 1.00 e. The molecule has 1 aliphatic heterocycles. The Morgan fingerprint density at radius 2 is 2.23 bits per heavy atom. The molecule has 0 aliphatic carbocycles. The van der Waals surface area contributed by atoms with Gasteiger partial charge in [0.05, 0.1) is 33.2 Å². The molecule has 1 aliphatic rings. The van der Waals surface area contributed by atoms with Crippen molar-refractivity contribution in [1.29, 1.82) is 0 Å². The van der Waals surface area contributed by atoms with Gasteiger partial charge < -0.3 is 38.7 Å². The van der Waals surface area contributed by atoms with Gasteiger partial charge in [0.25, 0.3) is 0 Å². The van der Waals surface area contributed by atoms with Crippen LogP contribution in [-0.4, -0.2) is 55.2 Å². The lowest BCUT2D eigenvalue weighted by Crippen LogP contribution is -3.00. The maximum Gasteiger partial charge on any atom is 0.322 e. The normalized spacial score (nSPS) is 21.5. The minimum atomic E-state index is -0.0137. The van der Waals surface area contributed by atoms with Crippen LogP contribution in [0.5, 0.6) is 0 Å². The second kappa shape index (κ2) is 8.88. The number of hydrogen-bond acceptors (Lipinski definition) is 1. The molecule has 1 aromatic rings. The average Bonchev–Trinajstić information content (AvgIpc) is 2.61. The molecule has 0 aromatic heterocycles. The average molecular weight is 480 g/mol. The van der Waals surface area contributed by atoms with Gasteiger partial charge >= 0.3 is 6.03 Å². The van der Waals surface area contributed by atoms with E-state index in [4.69, 9.17) is 0 Å². The second-order valence-corrected chi connectivity index (χ2v) is 6.73. The van der Waals surface area contributed by atoms with Gasteiger partial charge in [-0.05, 0) is 24.3 Å². The van der Waals surface area contributed by atoms with Crippen molar-refractivity contribution >= 4 is 27.6 Å². The van der Waals surface area contributed by atoms with Crippen LogP contribution in [0.1, 0.15) is 6.42 Å². The van der Waals surface area contributed by atoms with Crippen molar-refractivity contribution in [3.63, 3.8) is 0 Å². The standard InChI is InChI=1S/C16H22BrN3O.HI/c1-3-10-20(2)11-5-8-19(9-12-20)16(21)18-15-7-4-6-14(17)13-15;/h3-4,6-7,13H,1,5,8-12H2,2H3;1H. The number of benzene rings is 1. The number of amides is 2. The number of nitrogens with one attached hydrogen (secondary N) is 1. The van der Waals surface area contributed by atoms with Crippen molar-refractivity contribution in [2.24, 2.45) is 0 Å². The van der Waals surface area contributed by atoms with Crippen LogP contribution in [0.4, 0.5) is 10.5 Å². The van der Waals surface area contributed by atoms with Crippen molar-refractivity contribution in [2.45, 2.75) is 6.42 Å². The molecule has 2 amide bonds. The molecule has 122 valence electrons. The number of urea groups is 1. The van der Waals surface area contributed by atoms with Crippen LogP contribution in [-0.2, 0) is 0 Å². The fourth-order valence-corrected chi connectivity index (χ4v) is 3.09. The van der Waals surface area contributed by atoms with Crippen LogP contribution >= 0.6 is 15.9 Å². The Balaban J connectivity index is 0.00000242. The van der Waals surface area contributed by atoms with Crippen molar-refractivity contribution in [1.82, 2.24) is 4.90 Å². The zero-order chi connectivity index (χ0) is 15.3. The molecule has 1 saturated heterocycles. The van der Waals surface area contributed by atoms with Crippen LogP contribution in [0.15, 0.2) is 41.4 Å². The van der Waals surface area contributed by atoms with Crippen LogP contribution in [0, 0.1) is 0 Å². The Kier molecular flexibility index (Phi) is 7.85. The minimum Gasteiger partial charge on any atom is -1.00 e. The highest BCUT2D eigenvalue weighted by Crippen LogP contribution is 2.17. The van der Waals surface area contributed by atoms with E-state index in [1.54, 1.807) is 0 Å². The zero-order valence-corrected chi connectivity index (χ0v) is 16.6. The first-order valence-corrected chi connectivity index (χ1v) is 8.08. The Morgan fingerprint density at radius 3 is 2.91 bits per heavy atom. The quantitative estimate of drug-likeness (QED) is 0.378. The third-order valence-corrected chi connectivity index (χ3v) is 4.46. The highest BCUT2D eigenvalue weighted by atomic mass is 127. The van der Waals surface area contributed by atoms with Gasteiger partial charge in [0.15, 0.2) is 0 Å². The zero-order valence-electron chi connectivity index (χ0n) is 12.9. The number of quaternary nitrogens is 1. The van der Waals surface area contributed by atoms with E-state index in [9.17, 15) is 4.79 Å². The highest BCUT2D eigenvalue weighted by Gasteiger charge is 2.27. The van der Waals surface area contributed by atoms with E-state index >= 15 is 0 Å². The maximum absolute atomic E-state index is 12.4. The van der Waals surface area contributed by atoms with Gasteiger partial charge in [0.2, 0.25) is 0 Å².